The molecule has 0 radical (unpaired) electrons. The highest BCUT2D eigenvalue weighted by atomic mass is 19.1. The summed E-state index contributed by atoms with van der Waals surface area (Å²) in [5.74, 6) is -0.711. The van der Waals surface area contributed by atoms with Gasteiger partial charge in [-0.3, -0.25) is 9.59 Å². The number of rotatable bonds is 7. The molecule has 7 heteroatoms. The van der Waals surface area contributed by atoms with Crippen LogP contribution in [0.2, 0.25) is 0 Å². The molecule has 2 aromatic rings. The summed E-state index contributed by atoms with van der Waals surface area (Å²) < 4.78 is 42.6. The summed E-state index contributed by atoms with van der Waals surface area (Å²) in [6.45, 7) is 7.81. The van der Waals surface area contributed by atoms with Crippen LogP contribution in [0.1, 0.15) is 57.4 Å². The minimum Gasteiger partial charge on any atom is -0.493 e. The van der Waals surface area contributed by atoms with Gasteiger partial charge in [-0.2, -0.15) is 0 Å². The van der Waals surface area contributed by atoms with Gasteiger partial charge in [0.25, 0.3) is 0 Å². The van der Waals surface area contributed by atoms with Crippen molar-refractivity contribution >= 4 is 5.78 Å². The average molecular weight is 433 g/mol. The summed E-state index contributed by atoms with van der Waals surface area (Å²) in [7, 11) is 3.10. The molecule has 168 valence electrons. The molecule has 6 nitrogen and oxygen atoms in total. The first-order valence-electron chi connectivity index (χ1n) is 10.8. The summed E-state index contributed by atoms with van der Waals surface area (Å²) in [4.78, 5) is 24.7. The zero-order valence-corrected chi connectivity index (χ0v) is 18.9. The predicted molar refractivity (Wildman–Crippen MR) is 117 cm³/mol. The molecule has 0 aliphatic carbocycles. The fourth-order valence-electron chi connectivity index (χ4n) is 3.81. The summed E-state index contributed by atoms with van der Waals surface area (Å²) in [6, 6.07) is 2.03. The second-order valence-electron chi connectivity index (χ2n) is 8.69. The van der Waals surface area contributed by atoms with Gasteiger partial charge < -0.3 is 18.8 Å². The van der Waals surface area contributed by atoms with Crippen molar-refractivity contribution in [1.29, 1.82) is 0 Å². The molecule has 0 bridgehead atoms. The van der Waals surface area contributed by atoms with Crippen molar-refractivity contribution in [2.45, 2.75) is 46.6 Å². The van der Waals surface area contributed by atoms with E-state index in [1.165, 1.54) is 24.8 Å². The van der Waals surface area contributed by atoms with Gasteiger partial charge in [-0.1, -0.05) is 20.8 Å². The van der Waals surface area contributed by atoms with Gasteiger partial charge in [-0.05, 0) is 36.5 Å². The monoisotopic (exact) mass is 432 g/mol. The molecule has 2 heterocycles. The van der Waals surface area contributed by atoms with Crippen LogP contribution in [0.25, 0.3) is 11.3 Å². The number of hydrogen-bond acceptors (Lipinski definition) is 5. The highest BCUT2D eigenvalue weighted by Gasteiger charge is 2.36. The van der Waals surface area contributed by atoms with Crippen molar-refractivity contribution in [1.82, 2.24) is 4.57 Å². The number of carbonyl (C=O) groups excluding carboxylic acids is 1. The Morgan fingerprint density at radius 1 is 1.26 bits per heavy atom. The number of methoxy groups -OCH3 is 2. The van der Waals surface area contributed by atoms with Crippen LogP contribution in [0.5, 0.6) is 11.5 Å². The Labute approximate surface area is 183 Å². The predicted octanol–water partition coefficient (Wildman–Crippen LogP) is 4.42. The standard InChI is InChI=1S/C24H30FNO5/c1-14(27)17-13-26-20(24(2,3)4)11-15-10-19(31-9-7-8-29-5)18(30-6)12-16(15)22(26)21(25)23(17)28/h10,12-13,20H,7-9,11H2,1-6H3/t20-/m0/s1/i20D. The Balaban J connectivity index is 2.28. The molecule has 0 spiro atoms. The fourth-order valence-corrected chi connectivity index (χ4v) is 3.81. The molecule has 1 aromatic heterocycles. The van der Waals surface area contributed by atoms with Crippen LogP contribution in [0.4, 0.5) is 4.39 Å². The Morgan fingerprint density at radius 2 is 1.97 bits per heavy atom. The highest BCUT2D eigenvalue weighted by molar-refractivity contribution is 5.94. The van der Waals surface area contributed by atoms with E-state index in [2.05, 4.69) is 0 Å². The van der Waals surface area contributed by atoms with E-state index in [-0.39, 0.29) is 17.7 Å². The van der Waals surface area contributed by atoms with Crippen molar-refractivity contribution in [3.63, 3.8) is 0 Å². The largest absolute Gasteiger partial charge is 0.493 e. The third-order valence-corrected chi connectivity index (χ3v) is 5.44. The quantitative estimate of drug-likeness (QED) is 0.479. The van der Waals surface area contributed by atoms with Crippen LogP contribution < -0.4 is 14.9 Å². The van der Waals surface area contributed by atoms with Gasteiger partial charge in [0.2, 0.25) is 5.43 Å². The van der Waals surface area contributed by atoms with Crippen LogP contribution >= 0.6 is 0 Å². The van der Waals surface area contributed by atoms with E-state index in [0.717, 1.165) is 0 Å². The van der Waals surface area contributed by atoms with Crippen molar-refractivity contribution in [3.8, 4) is 22.8 Å². The maximum atomic E-state index is 15.5. The molecule has 1 aromatic carbocycles. The van der Waals surface area contributed by atoms with Crippen molar-refractivity contribution in [2.75, 3.05) is 27.4 Å². The first-order valence-corrected chi connectivity index (χ1v) is 10.3. The maximum absolute atomic E-state index is 15.5. The number of carbonyl (C=O) groups is 1. The SMILES string of the molecule is [2H][C@@]1(C(C)(C)C)Cc2cc(OCCCOC)c(OC)cc2-c2c(F)c(=O)c(C(C)=O)cn21. The molecule has 0 fully saturated rings. The van der Waals surface area contributed by atoms with Gasteiger partial charge in [0.05, 0.1) is 26.3 Å². The smallest absolute Gasteiger partial charge is 0.228 e. The lowest BCUT2D eigenvalue weighted by molar-refractivity contribution is 0.101. The number of Topliss-reactive ketones (excluding diaryl/α,β-unsaturated/α-hetero) is 1. The van der Waals surface area contributed by atoms with Crippen molar-refractivity contribution in [3.05, 3.63) is 45.5 Å². The normalized spacial score (nSPS) is 18.1. The van der Waals surface area contributed by atoms with Gasteiger partial charge in [0.15, 0.2) is 23.1 Å². The molecule has 0 unspecified atom stereocenters. The Morgan fingerprint density at radius 3 is 2.55 bits per heavy atom. The van der Waals surface area contributed by atoms with Gasteiger partial charge in [0.1, 0.15) is 0 Å². The lowest BCUT2D eigenvalue weighted by Crippen LogP contribution is -2.34. The average Bonchev–Trinajstić information content (AvgIpc) is 2.72. The van der Waals surface area contributed by atoms with E-state index in [1.807, 2.05) is 20.8 Å². The summed E-state index contributed by atoms with van der Waals surface area (Å²) in [6.07, 6.45) is 2.24. The number of aromatic nitrogens is 1. The number of halogens is 1. The molecular weight excluding hydrogens is 401 g/mol. The molecule has 1 atom stereocenters. The maximum Gasteiger partial charge on any atom is 0.228 e. The molecule has 0 saturated heterocycles. The van der Waals surface area contributed by atoms with Gasteiger partial charge in [-0.15, -0.1) is 0 Å². The van der Waals surface area contributed by atoms with Crippen LogP contribution in [0, 0.1) is 11.2 Å². The molecule has 0 amide bonds. The Hall–Kier alpha value is -2.67. The number of benzene rings is 1. The third-order valence-electron chi connectivity index (χ3n) is 5.44. The van der Waals surface area contributed by atoms with Crippen molar-refractivity contribution in [2.24, 2.45) is 5.41 Å². The highest BCUT2D eigenvalue weighted by Crippen LogP contribution is 2.46. The molecule has 3 rings (SSSR count). The zero-order valence-electron chi connectivity index (χ0n) is 19.9. The summed E-state index contributed by atoms with van der Waals surface area (Å²) in [5, 5.41) is 0. The molecule has 31 heavy (non-hydrogen) atoms. The van der Waals surface area contributed by atoms with E-state index in [0.29, 0.717) is 42.3 Å². The number of ether oxygens (including phenoxy) is 3. The molecule has 1 aliphatic rings. The molecule has 1 aliphatic heterocycles. The lowest BCUT2D eigenvalue weighted by atomic mass is 9.78. The minimum atomic E-state index is -1.35. The van der Waals surface area contributed by atoms with Crippen molar-refractivity contribution < 1.29 is 24.8 Å². The van der Waals surface area contributed by atoms with Crippen LogP contribution in [-0.4, -0.2) is 37.8 Å². The van der Waals surface area contributed by atoms with Gasteiger partial charge in [-0.25, -0.2) is 4.39 Å². The Bertz CT molecular complexity index is 1110. The van der Waals surface area contributed by atoms with E-state index in [1.54, 1.807) is 19.2 Å². The number of fused-ring (bicyclic) bond motifs is 3. The first kappa shape index (κ1) is 21.6. The van der Waals surface area contributed by atoms with E-state index in [4.69, 9.17) is 14.2 Å². The number of nitrogens with zero attached hydrogens (tertiary/aromatic N) is 1. The summed E-state index contributed by atoms with van der Waals surface area (Å²) >= 11 is 0. The van der Waals surface area contributed by atoms with Crippen LogP contribution in [0.3, 0.4) is 0 Å². The zero-order chi connectivity index (χ0) is 23.8. The first-order chi connectivity index (χ1) is 15.0. The van der Waals surface area contributed by atoms with Crippen LogP contribution in [-0.2, 0) is 11.2 Å². The van der Waals surface area contributed by atoms with Gasteiger partial charge in [0, 0.05) is 37.9 Å². The second kappa shape index (κ2) is 8.83. The van der Waals surface area contributed by atoms with E-state index < -0.39 is 28.5 Å². The minimum absolute atomic E-state index is 0.0181. The fraction of sp³-hybridized carbons (Fsp3) is 0.500. The molecule has 0 N–H and O–H groups in total. The van der Waals surface area contributed by atoms with E-state index in [9.17, 15) is 11.0 Å². The number of pyridine rings is 1. The third kappa shape index (κ3) is 4.37. The number of ketones is 1. The summed E-state index contributed by atoms with van der Waals surface area (Å²) in [5.41, 5.74) is -0.772. The van der Waals surface area contributed by atoms with Gasteiger partial charge >= 0.3 is 0 Å². The second-order valence-corrected chi connectivity index (χ2v) is 8.69. The number of hydrogen-bond donors (Lipinski definition) is 0. The lowest BCUT2D eigenvalue weighted by Gasteiger charge is -2.39. The van der Waals surface area contributed by atoms with E-state index >= 15 is 4.39 Å². The topological polar surface area (TPSA) is 66.8 Å². The Kier molecular flexibility index (Phi) is 6.14. The van der Waals surface area contributed by atoms with Crippen LogP contribution in [0.15, 0.2) is 23.1 Å². The molecule has 0 saturated carbocycles. The molecular formula is C24H30FNO5.